The molecule has 19 heavy (non-hydrogen) atoms. The van der Waals surface area contributed by atoms with Gasteiger partial charge in [0.1, 0.15) is 0 Å². The van der Waals surface area contributed by atoms with Crippen LogP contribution in [0.4, 0.5) is 0 Å². The highest BCUT2D eigenvalue weighted by Crippen LogP contribution is 2.38. The van der Waals surface area contributed by atoms with Gasteiger partial charge in [-0.15, -0.1) is 11.3 Å². The van der Waals surface area contributed by atoms with Crippen molar-refractivity contribution in [1.82, 2.24) is 9.38 Å². The smallest absolute Gasteiger partial charge is 0.358 e. The third kappa shape index (κ3) is 2.16. The standard InChI is InChI=1S/C14H18N2O2S/c1-4-18-12(17)9-8-16-10-5-6-14(2,3)7-11(10)19-13(16)15-9/h8H,4-7H2,1-3H3. The van der Waals surface area contributed by atoms with Gasteiger partial charge in [-0.2, -0.15) is 0 Å². The van der Waals surface area contributed by atoms with E-state index in [0.29, 0.717) is 17.7 Å². The Hall–Kier alpha value is -1.36. The van der Waals surface area contributed by atoms with E-state index < -0.39 is 0 Å². The first kappa shape index (κ1) is 12.7. The van der Waals surface area contributed by atoms with Crippen molar-refractivity contribution < 1.29 is 9.53 Å². The molecule has 2 heterocycles. The number of aryl methyl sites for hydroxylation is 1. The number of hydrogen-bond donors (Lipinski definition) is 0. The maximum Gasteiger partial charge on any atom is 0.358 e. The normalized spacial score (nSPS) is 17.4. The van der Waals surface area contributed by atoms with Crippen LogP contribution in [0.15, 0.2) is 6.20 Å². The Morgan fingerprint density at radius 3 is 3.11 bits per heavy atom. The Morgan fingerprint density at radius 2 is 2.37 bits per heavy atom. The molecular formula is C14H18N2O2S. The van der Waals surface area contributed by atoms with Crippen LogP contribution in [0.2, 0.25) is 0 Å². The van der Waals surface area contributed by atoms with Crippen LogP contribution in [-0.4, -0.2) is 22.0 Å². The summed E-state index contributed by atoms with van der Waals surface area (Å²) in [6, 6.07) is 0. The van der Waals surface area contributed by atoms with E-state index in [9.17, 15) is 4.79 Å². The van der Waals surface area contributed by atoms with Gasteiger partial charge >= 0.3 is 5.97 Å². The van der Waals surface area contributed by atoms with Gasteiger partial charge in [0.15, 0.2) is 10.7 Å². The molecule has 0 fully saturated rings. The molecule has 0 radical (unpaired) electrons. The fraction of sp³-hybridized carbons (Fsp3) is 0.571. The van der Waals surface area contributed by atoms with E-state index in [1.807, 2.05) is 6.20 Å². The molecule has 0 spiro atoms. The Labute approximate surface area is 116 Å². The second-order valence-corrected chi connectivity index (χ2v) is 6.87. The predicted molar refractivity (Wildman–Crippen MR) is 74.8 cm³/mol. The van der Waals surface area contributed by atoms with Gasteiger partial charge in [-0.25, -0.2) is 9.78 Å². The van der Waals surface area contributed by atoms with E-state index in [0.717, 1.165) is 17.8 Å². The molecule has 0 saturated heterocycles. The van der Waals surface area contributed by atoms with Crippen molar-refractivity contribution in [2.75, 3.05) is 6.61 Å². The van der Waals surface area contributed by atoms with Gasteiger partial charge in [0.05, 0.1) is 6.61 Å². The zero-order valence-corrected chi connectivity index (χ0v) is 12.3. The Bertz CT molecular complexity index is 639. The third-order valence-corrected chi connectivity index (χ3v) is 4.76. The van der Waals surface area contributed by atoms with Crippen LogP contribution in [0.3, 0.4) is 0 Å². The van der Waals surface area contributed by atoms with Crippen molar-refractivity contribution in [3.63, 3.8) is 0 Å². The van der Waals surface area contributed by atoms with Crippen molar-refractivity contribution >= 4 is 22.3 Å². The van der Waals surface area contributed by atoms with Crippen LogP contribution in [0.5, 0.6) is 0 Å². The van der Waals surface area contributed by atoms with E-state index in [2.05, 4.69) is 23.2 Å². The first-order chi connectivity index (χ1) is 9.00. The van der Waals surface area contributed by atoms with Gasteiger partial charge in [-0.1, -0.05) is 13.8 Å². The summed E-state index contributed by atoms with van der Waals surface area (Å²) >= 11 is 1.70. The maximum absolute atomic E-state index is 11.7. The van der Waals surface area contributed by atoms with Crippen LogP contribution in [-0.2, 0) is 17.6 Å². The van der Waals surface area contributed by atoms with Crippen molar-refractivity contribution in [3.8, 4) is 0 Å². The number of aromatic nitrogens is 2. The summed E-state index contributed by atoms with van der Waals surface area (Å²) in [5.74, 6) is -0.330. The molecular weight excluding hydrogens is 260 g/mol. The second kappa shape index (κ2) is 4.34. The fourth-order valence-corrected chi connectivity index (χ4v) is 4.02. The lowest BCUT2D eigenvalue weighted by molar-refractivity contribution is 0.0520. The Balaban J connectivity index is 1.99. The monoisotopic (exact) mass is 278 g/mol. The van der Waals surface area contributed by atoms with Gasteiger partial charge in [-0.3, -0.25) is 4.40 Å². The zero-order chi connectivity index (χ0) is 13.6. The average molecular weight is 278 g/mol. The minimum absolute atomic E-state index is 0.330. The van der Waals surface area contributed by atoms with E-state index in [1.165, 1.54) is 17.0 Å². The molecule has 0 N–H and O–H groups in total. The molecule has 2 aromatic heterocycles. The number of esters is 1. The topological polar surface area (TPSA) is 43.6 Å². The number of thiazole rings is 1. The Morgan fingerprint density at radius 1 is 1.58 bits per heavy atom. The number of ether oxygens (including phenoxy) is 1. The number of hydrogen-bond acceptors (Lipinski definition) is 4. The van der Waals surface area contributed by atoms with Crippen molar-refractivity contribution in [2.24, 2.45) is 5.41 Å². The summed E-state index contributed by atoms with van der Waals surface area (Å²) < 4.78 is 7.06. The molecule has 0 aliphatic heterocycles. The number of rotatable bonds is 2. The first-order valence-electron chi connectivity index (χ1n) is 6.67. The highest BCUT2D eigenvalue weighted by molar-refractivity contribution is 7.17. The largest absolute Gasteiger partial charge is 0.461 e. The molecule has 4 nitrogen and oxygen atoms in total. The number of fused-ring (bicyclic) bond motifs is 3. The van der Waals surface area contributed by atoms with Crippen LogP contribution in [0, 0.1) is 5.41 Å². The van der Waals surface area contributed by atoms with Crippen LogP contribution in [0.25, 0.3) is 4.96 Å². The Kier molecular flexibility index (Phi) is 2.89. The number of nitrogens with zero attached hydrogens (tertiary/aromatic N) is 2. The van der Waals surface area contributed by atoms with Gasteiger partial charge in [-0.05, 0) is 31.6 Å². The molecule has 0 amide bonds. The summed E-state index contributed by atoms with van der Waals surface area (Å²) in [7, 11) is 0. The molecule has 0 bridgehead atoms. The summed E-state index contributed by atoms with van der Waals surface area (Å²) in [4.78, 5) is 18.4. The second-order valence-electron chi connectivity index (χ2n) is 5.81. The number of imidazole rings is 1. The summed E-state index contributed by atoms with van der Waals surface area (Å²) in [6.07, 6.45) is 5.16. The SMILES string of the molecule is CCOC(=O)c1cn2c3c(sc2n1)CC(C)(C)CC3. The van der Waals surface area contributed by atoms with Crippen molar-refractivity contribution in [2.45, 2.75) is 40.0 Å². The lowest BCUT2D eigenvalue weighted by Gasteiger charge is -2.28. The molecule has 0 saturated carbocycles. The zero-order valence-electron chi connectivity index (χ0n) is 11.5. The number of carbonyl (C=O) groups excluding carboxylic acids is 1. The first-order valence-corrected chi connectivity index (χ1v) is 7.48. The van der Waals surface area contributed by atoms with E-state index >= 15 is 0 Å². The van der Waals surface area contributed by atoms with E-state index in [4.69, 9.17) is 4.74 Å². The lowest BCUT2D eigenvalue weighted by Crippen LogP contribution is -2.21. The molecule has 2 aromatic rings. The third-order valence-electron chi connectivity index (χ3n) is 3.66. The van der Waals surface area contributed by atoms with Crippen LogP contribution < -0.4 is 0 Å². The van der Waals surface area contributed by atoms with Crippen LogP contribution in [0.1, 0.15) is 48.3 Å². The van der Waals surface area contributed by atoms with E-state index in [-0.39, 0.29) is 5.97 Å². The quantitative estimate of drug-likeness (QED) is 0.793. The molecule has 0 atom stereocenters. The average Bonchev–Trinajstić information content (AvgIpc) is 2.84. The van der Waals surface area contributed by atoms with Gasteiger partial charge in [0.2, 0.25) is 0 Å². The van der Waals surface area contributed by atoms with Crippen molar-refractivity contribution in [1.29, 1.82) is 0 Å². The van der Waals surface area contributed by atoms with Gasteiger partial charge in [0, 0.05) is 16.8 Å². The lowest BCUT2D eigenvalue weighted by atomic mass is 9.79. The van der Waals surface area contributed by atoms with Gasteiger partial charge in [0.25, 0.3) is 0 Å². The molecule has 102 valence electrons. The van der Waals surface area contributed by atoms with Crippen LogP contribution >= 0.6 is 11.3 Å². The fourth-order valence-electron chi connectivity index (χ4n) is 2.61. The molecule has 1 aliphatic rings. The molecule has 5 heteroatoms. The highest BCUT2D eigenvalue weighted by Gasteiger charge is 2.29. The molecule has 3 rings (SSSR count). The highest BCUT2D eigenvalue weighted by atomic mass is 32.1. The van der Waals surface area contributed by atoms with Crippen molar-refractivity contribution in [3.05, 3.63) is 22.5 Å². The minimum Gasteiger partial charge on any atom is -0.461 e. The predicted octanol–water partition coefficient (Wildman–Crippen LogP) is 3.09. The molecule has 0 aromatic carbocycles. The number of carbonyl (C=O) groups is 1. The summed E-state index contributed by atoms with van der Waals surface area (Å²) in [5, 5.41) is 0. The summed E-state index contributed by atoms with van der Waals surface area (Å²) in [5.41, 5.74) is 2.11. The summed E-state index contributed by atoms with van der Waals surface area (Å²) in [6.45, 7) is 6.81. The molecule has 1 aliphatic carbocycles. The maximum atomic E-state index is 11.7. The molecule has 0 unspecified atom stereocenters. The van der Waals surface area contributed by atoms with E-state index in [1.54, 1.807) is 18.3 Å². The van der Waals surface area contributed by atoms with Gasteiger partial charge < -0.3 is 4.74 Å². The minimum atomic E-state index is -0.330.